The van der Waals surface area contributed by atoms with Crippen molar-refractivity contribution < 1.29 is 22.8 Å². The average Bonchev–Trinajstić information content (AvgIpc) is 2.35. The van der Waals surface area contributed by atoms with Gasteiger partial charge in [-0.1, -0.05) is 6.07 Å². The lowest BCUT2D eigenvalue weighted by molar-refractivity contribution is -0.145. The van der Waals surface area contributed by atoms with Gasteiger partial charge in [0, 0.05) is 25.8 Å². The molecule has 0 bridgehead atoms. The Morgan fingerprint density at radius 3 is 2.42 bits per heavy atom. The molecule has 7 heteroatoms. The predicted octanol–water partition coefficient (Wildman–Crippen LogP) is 1.51. The highest BCUT2D eigenvalue weighted by Crippen LogP contribution is 2.31. The fourth-order valence-electron chi connectivity index (χ4n) is 1.83. The topological polar surface area (TPSA) is 40.6 Å². The van der Waals surface area contributed by atoms with Crippen molar-refractivity contribution in [1.82, 2.24) is 4.90 Å². The number of hydrogen-bond acceptors (Lipinski definition) is 2. The summed E-state index contributed by atoms with van der Waals surface area (Å²) < 4.78 is 37.8. The zero-order valence-electron chi connectivity index (χ0n) is 10.1. The highest BCUT2D eigenvalue weighted by atomic mass is 19.4. The van der Waals surface area contributed by atoms with E-state index in [9.17, 15) is 22.8 Å². The molecule has 1 fully saturated rings. The van der Waals surface area contributed by atoms with Gasteiger partial charge in [0.25, 0.3) is 0 Å². The zero-order valence-corrected chi connectivity index (χ0v) is 10.1. The maximum atomic E-state index is 12.6. The fourth-order valence-corrected chi connectivity index (χ4v) is 1.83. The summed E-state index contributed by atoms with van der Waals surface area (Å²) in [6, 6.07) is 4.39. The van der Waals surface area contributed by atoms with Crippen molar-refractivity contribution in [2.24, 2.45) is 0 Å². The summed E-state index contributed by atoms with van der Waals surface area (Å²) in [5.41, 5.74) is -0.759. The van der Waals surface area contributed by atoms with Crippen LogP contribution in [0.2, 0.25) is 0 Å². The second kappa shape index (κ2) is 4.56. The van der Waals surface area contributed by atoms with Crippen molar-refractivity contribution in [3.63, 3.8) is 0 Å². The Morgan fingerprint density at radius 1 is 1.11 bits per heavy atom. The van der Waals surface area contributed by atoms with Gasteiger partial charge in [-0.3, -0.25) is 9.59 Å². The van der Waals surface area contributed by atoms with E-state index in [0.29, 0.717) is 6.54 Å². The molecule has 0 radical (unpaired) electrons. The molecule has 1 aromatic carbocycles. The lowest BCUT2D eigenvalue weighted by Gasteiger charge is -2.31. The number of alkyl halides is 3. The van der Waals surface area contributed by atoms with Crippen molar-refractivity contribution in [3.05, 3.63) is 29.8 Å². The molecule has 4 nitrogen and oxygen atoms in total. The first-order chi connectivity index (χ1) is 8.80. The van der Waals surface area contributed by atoms with Gasteiger partial charge in [-0.15, -0.1) is 0 Å². The molecular weight excluding hydrogens is 261 g/mol. The van der Waals surface area contributed by atoms with Gasteiger partial charge in [-0.2, -0.15) is 13.2 Å². The molecule has 1 aliphatic rings. The van der Waals surface area contributed by atoms with Crippen molar-refractivity contribution in [2.75, 3.05) is 25.0 Å². The summed E-state index contributed by atoms with van der Waals surface area (Å²) in [6.07, 6.45) is -4.48. The summed E-state index contributed by atoms with van der Waals surface area (Å²) in [4.78, 5) is 25.6. The number of piperazine rings is 1. The maximum absolute atomic E-state index is 12.6. The Kier molecular flexibility index (Phi) is 3.21. The predicted molar refractivity (Wildman–Crippen MR) is 61.4 cm³/mol. The number of nitrogens with zero attached hydrogens (tertiary/aromatic N) is 2. The lowest BCUT2D eigenvalue weighted by atomic mass is 10.1. The van der Waals surface area contributed by atoms with Gasteiger partial charge >= 0.3 is 18.0 Å². The minimum atomic E-state index is -4.48. The number of carbonyl (C=O) groups is 2. The number of halogens is 3. The van der Waals surface area contributed by atoms with E-state index in [1.807, 2.05) is 0 Å². The van der Waals surface area contributed by atoms with Gasteiger partial charge in [0.1, 0.15) is 0 Å². The van der Waals surface area contributed by atoms with Crippen molar-refractivity contribution in [2.45, 2.75) is 6.18 Å². The number of carbonyl (C=O) groups excluding carboxylic acids is 2. The number of benzene rings is 1. The third kappa shape index (κ3) is 2.54. The molecule has 1 heterocycles. The van der Waals surface area contributed by atoms with Crippen LogP contribution >= 0.6 is 0 Å². The molecule has 0 N–H and O–H groups in total. The van der Waals surface area contributed by atoms with Crippen LogP contribution in [0, 0.1) is 0 Å². The van der Waals surface area contributed by atoms with Crippen molar-refractivity contribution >= 4 is 17.5 Å². The van der Waals surface area contributed by atoms with E-state index in [0.717, 1.165) is 17.0 Å². The first-order valence-electron chi connectivity index (χ1n) is 5.55. The van der Waals surface area contributed by atoms with Crippen LogP contribution in [0.1, 0.15) is 5.56 Å². The first kappa shape index (κ1) is 13.4. The summed E-state index contributed by atoms with van der Waals surface area (Å²) in [7, 11) is 1.48. The van der Waals surface area contributed by atoms with Crippen LogP contribution in [0.15, 0.2) is 24.3 Å². The van der Waals surface area contributed by atoms with Crippen LogP contribution < -0.4 is 4.90 Å². The third-order valence-corrected chi connectivity index (χ3v) is 2.92. The molecule has 1 saturated heterocycles. The van der Waals surface area contributed by atoms with Gasteiger partial charge in [0.15, 0.2) is 0 Å². The Bertz CT molecular complexity index is 528. The van der Waals surface area contributed by atoms with Gasteiger partial charge in [0.2, 0.25) is 0 Å². The Labute approximate surface area is 107 Å². The lowest BCUT2D eigenvalue weighted by Crippen LogP contribution is -2.53. The number of anilines is 1. The molecule has 0 spiro atoms. The van der Waals surface area contributed by atoms with Gasteiger partial charge in [-0.05, 0) is 18.2 Å². The van der Waals surface area contributed by atoms with E-state index in [2.05, 4.69) is 0 Å². The zero-order chi connectivity index (χ0) is 14.2. The van der Waals surface area contributed by atoms with Crippen LogP contribution in [-0.2, 0) is 15.8 Å². The molecule has 0 atom stereocenters. The molecule has 102 valence electrons. The fraction of sp³-hybridized carbons (Fsp3) is 0.333. The SMILES string of the molecule is CN1CCN(c2cccc(C(F)(F)F)c2)C(=O)C1=O. The maximum Gasteiger partial charge on any atom is 0.416 e. The minimum absolute atomic E-state index is 0.0845. The summed E-state index contributed by atoms with van der Waals surface area (Å²) >= 11 is 0. The van der Waals surface area contributed by atoms with E-state index >= 15 is 0 Å². The third-order valence-electron chi connectivity index (χ3n) is 2.92. The molecule has 19 heavy (non-hydrogen) atoms. The number of amides is 2. The number of hydrogen-bond donors (Lipinski definition) is 0. The molecule has 2 amide bonds. The van der Waals surface area contributed by atoms with E-state index in [1.165, 1.54) is 24.1 Å². The normalized spacial score (nSPS) is 17.1. The van der Waals surface area contributed by atoms with Crippen LogP contribution in [-0.4, -0.2) is 36.9 Å². The Balaban J connectivity index is 2.33. The monoisotopic (exact) mass is 272 g/mol. The van der Waals surface area contributed by atoms with Crippen LogP contribution in [0.4, 0.5) is 18.9 Å². The molecule has 0 aromatic heterocycles. The van der Waals surface area contributed by atoms with Crippen LogP contribution in [0.3, 0.4) is 0 Å². The molecule has 0 aliphatic carbocycles. The van der Waals surface area contributed by atoms with Crippen LogP contribution in [0.5, 0.6) is 0 Å². The van der Waals surface area contributed by atoms with Gasteiger partial charge in [-0.25, -0.2) is 0 Å². The highest BCUT2D eigenvalue weighted by Gasteiger charge is 2.34. The molecule has 0 saturated carbocycles. The first-order valence-corrected chi connectivity index (χ1v) is 5.55. The minimum Gasteiger partial charge on any atom is -0.336 e. The standard InChI is InChI=1S/C12H11F3N2O2/c1-16-5-6-17(11(19)10(16)18)9-4-2-3-8(7-9)12(13,14)15/h2-4,7H,5-6H2,1H3. The largest absolute Gasteiger partial charge is 0.416 e. The second-order valence-electron chi connectivity index (χ2n) is 4.23. The smallest absolute Gasteiger partial charge is 0.336 e. The van der Waals surface area contributed by atoms with Crippen molar-refractivity contribution in [1.29, 1.82) is 0 Å². The van der Waals surface area contributed by atoms with Gasteiger partial charge in [0.05, 0.1) is 5.56 Å². The average molecular weight is 272 g/mol. The van der Waals surface area contributed by atoms with Crippen LogP contribution in [0.25, 0.3) is 0 Å². The number of likely N-dealkylation sites (N-methyl/N-ethyl adjacent to an activating group) is 1. The van der Waals surface area contributed by atoms with E-state index in [-0.39, 0.29) is 12.2 Å². The summed E-state index contributed by atoms with van der Waals surface area (Å²) in [5.74, 6) is -1.53. The summed E-state index contributed by atoms with van der Waals surface area (Å²) in [5, 5.41) is 0. The highest BCUT2D eigenvalue weighted by molar-refractivity contribution is 6.40. The second-order valence-corrected chi connectivity index (χ2v) is 4.23. The summed E-state index contributed by atoms with van der Waals surface area (Å²) in [6.45, 7) is 0.475. The number of rotatable bonds is 1. The Morgan fingerprint density at radius 2 is 1.79 bits per heavy atom. The quantitative estimate of drug-likeness (QED) is 0.727. The molecule has 2 rings (SSSR count). The molecular formula is C12H11F3N2O2. The molecule has 1 aliphatic heterocycles. The molecule has 0 unspecified atom stereocenters. The van der Waals surface area contributed by atoms with E-state index < -0.39 is 23.6 Å². The molecule has 1 aromatic rings. The van der Waals surface area contributed by atoms with Crippen molar-refractivity contribution in [3.8, 4) is 0 Å². The Hall–Kier alpha value is -2.05. The van der Waals surface area contributed by atoms with E-state index in [4.69, 9.17) is 0 Å². The van der Waals surface area contributed by atoms with Gasteiger partial charge < -0.3 is 9.80 Å². The van der Waals surface area contributed by atoms with E-state index in [1.54, 1.807) is 0 Å².